The van der Waals surface area contributed by atoms with E-state index < -0.39 is 0 Å². The third-order valence-corrected chi connectivity index (χ3v) is 7.60. The average molecular weight is 463 g/mol. The van der Waals surface area contributed by atoms with Crippen LogP contribution < -0.4 is 4.74 Å². The van der Waals surface area contributed by atoms with E-state index >= 15 is 0 Å². The van der Waals surface area contributed by atoms with Crippen molar-refractivity contribution in [3.05, 3.63) is 65.7 Å². The van der Waals surface area contributed by atoms with Crippen molar-refractivity contribution < 1.29 is 14.3 Å². The van der Waals surface area contributed by atoms with Crippen LogP contribution in [0.2, 0.25) is 0 Å². The zero-order chi connectivity index (χ0) is 23.8. The predicted octanol–water partition coefficient (Wildman–Crippen LogP) is 4.88. The fourth-order valence-corrected chi connectivity index (χ4v) is 5.41. The number of rotatable bonds is 3. The van der Waals surface area contributed by atoms with Crippen molar-refractivity contribution >= 4 is 11.8 Å². The average Bonchev–Trinajstić information content (AvgIpc) is 2.88. The molecule has 2 aliphatic heterocycles. The lowest BCUT2D eigenvalue weighted by Crippen LogP contribution is -2.51. The molecule has 2 aromatic carbocycles. The molecular formula is C29H38N2O3. The summed E-state index contributed by atoms with van der Waals surface area (Å²) in [7, 11) is 1.90. The monoisotopic (exact) mass is 462 g/mol. The van der Waals surface area contributed by atoms with Crippen LogP contribution in [0.4, 0.5) is 0 Å². The highest BCUT2D eigenvalue weighted by Gasteiger charge is 2.43. The zero-order valence-electron chi connectivity index (χ0n) is 20.5. The molecule has 0 bridgehead atoms. The third-order valence-electron chi connectivity index (χ3n) is 7.60. The van der Waals surface area contributed by atoms with Crippen LogP contribution in [-0.2, 0) is 22.4 Å². The number of amides is 2. The first-order chi connectivity index (χ1) is 16.6. The summed E-state index contributed by atoms with van der Waals surface area (Å²) in [5.74, 6) is 1.37. The van der Waals surface area contributed by atoms with Gasteiger partial charge in [-0.25, -0.2) is 0 Å². The van der Waals surface area contributed by atoms with Gasteiger partial charge in [0, 0.05) is 26.6 Å². The Morgan fingerprint density at radius 1 is 0.912 bits per heavy atom. The first-order valence-corrected chi connectivity index (χ1v) is 12.9. The maximum absolute atomic E-state index is 13.6. The van der Waals surface area contributed by atoms with Crippen LogP contribution in [0.5, 0.6) is 5.75 Å². The lowest BCUT2D eigenvalue weighted by atomic mass is 9.73. The van der Waals surface area contributed by atoms with Crippen LogP contribution >= 0.6 is 0 Å². The van der Waals surface area contributed by atoms with Crippen molar-refractivity contribution in [2.75, 3.05) is 33.3 Å². The molecule has 2 heterocycles. The molecule has 0 aliphatic carbocycles. The molecule has 0 radical (unpaired) electrons. The maximum atomic E-state index is 13.6. The summed E-state index contributed by atoms with van der Waals surface area (Å²) in [5, 5.41) is 0. The molecular weight excluding hydrogens is 424 g/mol. The Morgan fingerprint density at radius 2 is 1.65 bits per heavy atom. The van der Waals surface area contributed by atoms with Gasteiger partial charge in [-0.05, 0) is 55.7 Å². The van der Waals surface area contributed by atoms with Gasteiger partial charge < -0.3 is 14.5 Å². The van der Waals surface area contributed by atoms with Gasteiger partial charge in [0.25, 0.3) is 0 Å². The van der Waals surface area contributed by atoms with Crippen molar-refractivity contribution in [1.29, 1.82) is 0 Å². The van der Waals surface area contributed by atoms with Gasteiger partial charge in [-0.2, -0.15) is 0 Å². The number of ether oxygens (including phenoxy) is 1. The zero-order valence-corrected chi connectivity index (χ0v) is 20.5. The second kappa shape index (κ2) is 11.5. The number of piperidine rings is 1. The second-order valence-corrected chi connectivity index (χ2v) is 9.89. The number of carbonyl (C=O) groups excluding carboxylic acids is 2. The number of aryl methyl sites for hydroxylation is 2. The van der Waals surface area contributed by atoms with Gasteiger partial charge in [0.05, 0.1) is 12.0 Å². The summed E-state index contributed by atoms with van der Waals surface area (Å²) in [5.41, 5.74) is 2.10. The molecule has 0 unspecified atom stereocenters. The van der Waals surface area contributed by atoms with Crippen LogP contribution in [0, 0.1) is 5.41 Å². The van der Waals surface area contributed by atoms with Gasteiger partial charge in [0.1, 0.15) is 12.4 Å². The Bertz CT molecular complexity index is 951. The molecule has 4 rings (SSSR count). The van der Waals surface area contributed by atoms with Gasteiger partial charge in [-0.1, -0.05) is 61.4 Å². The third kappa shape index (κ3) is 5.99. The molecule has 0 atom stereocenters. The summed E-state index contributed by atoms with van der Waals surface area (Å²) >= 11 is 0. The van der Waals surface area contributed by atoms with E-state index in [2.05, 4.69) is 24.3 Å². The molecule has 1 fully saturated rings. The van der Waals surface area contributed by atoms with E-state index in [1.807, 2.05) is 47.2 Å². The molecule has 5 nitrogen and oxygen atoms in total. The number of nitrogens with zero attached hydrogens (tertiary/aromatic N) is 2. The quantitative estimate of drug-likeness (QED) is 0.653. The lowest BCUT2D eigenvalue weighted by Gasteiger charge is -2.42. The summed E-state index contributed by atoms with van der Waals surface area (Å²) in [6.45, 7) is 2.43. The number of likely N-dealkylation sites (N-methyl/N-ethyl adjacent to an activating group) is 1. The Balaban J connectivity index is 1.36. The Morgan fingerprint density at radius 3 is 2.44 bits per heavy atom. The molecule has 0 N–H and O–H groups in total. The van der Waals surface area contributed by atoms with E-state index in [-0.39, 0.29) is 17.2 Å². The SMILES string of the molecule is CN1CCOc2ccccc2CCCCCC2(CCN(C(=O)CCc3ccccc3)CC2)C1=O. The largest absolute Gasteiger partial charge is 0.491 e. The molecule has 5 heteroatoms. The minimum Gasteiger partial charge on any atom is -0.491 e. The molecule has 2 aliphatic rings. The predicted molar refractivity (Wildman–Crippen MR) is 135 cm³/mol. The van der Waals surface area contributed by atoms with E-state index in [1.165, 1.54) is 11.1 Å². The summed E-state index contributed by atoms with van der Waals surface area (Å²) < 4.78 is 6.06. The number of para-hydroxylation sites is 1. The van der Waals surface area contributed by atoms with Crippen molar-refractivity contribution in [1.82, 2.24) is 9.80 Å². The number of benzene rings is 2. The maximum Gasteiger partial charge on any atom is 0.228 e. The van der Waals surface area contributed by atoms with E-state index in [4.69, 9.17) is 4.74 Å². The van der Waals surface area contributed by atoms with Crippen LogP contribution in [-0.4, -0.2) is 54.9 Å². The normalized spacial score (nSPS) is 19.4. The molecule has 34 heavy (non-hydrogen) atoms. The van der Waals surface area contributed by atoms with Crippen molar-refractivity contribution in [3.63, 3.8) is 0 Å². The first kappa shape index (κ1) is 24.3. The smallest absolute Gasteiger partial charge is 0.228 e. The number of fused-ring (bicyclic) bond motifs is 1. The highest BCUT2D eigenvalue weighted by molar-refractivity contribution is 5.83. The minimum atomic E-state index is -0.355. The van der Waals surface area contributed by atoms with Gasteiger partial charge >= 0.3 is 0 Å². The summed E-state index contributed by atoms with van der Waals surface area (Å²) in [6.07, 6.45) is 7.99. The van der Waals surface area contributed by atoms with Crippen LogP contribution in [0.3, 0.4) is 0 Å². The molecule has 182 valence electrons. The first-order valence-electron chi connectivity index (χ1n) is 12.9. The number of carbonyl (C=O) groups is 2. The van der Waals surface area contributed by atoms with Crippen molar-refractivity contribution in [2.45, 2.75) is 57.8 Å². The molecule has 1 spiro atoms. The fourth-order valence-electron chi connectivity index (χ4n) is 5.41. The van der Waals surface area contributed by atoms with E-state index in [1.54, 1.807) is 0 Å². The van der Waals surface area contributed by atoms with E-state index in [0.29, 0.717) is 32.7 Å². The molecule has 1 saturated heterocycles. The van der Waals surface area contributed by atoms with Crippen molar-refractivity contribution in [3.8, 4) is 5.75 Å². The minimum absolute atomic E-state index is 0.204. The van der Waals surface area contributed by atoms with Gasteiger partial charge in [0.2, 0.25) is 11.8 Å². The van der Waals surface area contributed by atoms with Crippen LogP contribution in [0.15, 0.2) is 54.6 Å². The number of hydrogen-bond acceptors (Lipinski definition) is 3. The van der Waals surface area contributed by atoms with Gasteiger partial charge in [0.15, 0.2) is 0 Å². The highest BCUT2D eigenvalue weighted by atomic mass is 16.5. The van der Waals surface area contributed by atoms with Crippen LogP contribution in [0.1, 0.15) is 56.1 Å². The second-order valence-electron chi connectivity index (χ2n) is 9.89. The number of hydrogen-bond donors (Lipinski definition) is 0. The molecule has 2 amide bonds. The summed E-state index contributed by atoms with van der Waals surface area (Å²) in [6, 6.07) is 18.4. The van der Waals surface area contributed by atoms with Gasteiger partial charge in [-0.3, -0.25) is 9.59 Å². The van der Waals surface area contributed by atoms with E-state index in [9.17, 15) is 9.59 Å². The van der Waals surface area contributed by atoms with Gasteiger partial charge in [-0.15, -0.1) is 0 Å². The molecule has 0 saturated carbocycles. The Kier molecular flexibility index (Phi) is 8.25. The standard InChI is InChI=1S/C29H38N2O3/c1-30-22-23-34-26-14-8-7-13-25(26)12-6-3-9-17-29(28(30)33)18-20-31(21-19-29)27(32)16-15-24-10-4-2-5-11-24/h2,4-5,7-8,10-11,13-14H,3,6,9,12,15-23H2,1H3. The molecule has 2 aromatic rings. The highest BCUT2D eigenvalue weighted by Crippen LogP contribution is 2.39. The van der Waals surface area contributed by atoms with Crippen molar-refractivity contribution in [2.24, 2.45) is 5.41 Å². The van der Waals surface area contributed by atoms with Crippen LogP contribution in [0.25, 0.3) is 0 Å². The number of likely N-dealkylation sites (tertiary alicyclic amines) is 1. The molecule has 0 aromatic heterocycles. The van der Waals surface area contributed by atoms with E-state index in [0.717, 1.165) is 57.1 Å². The summed E-state index contributed by atoms with van der Waals surface area (Å²) in [4.78, 5) is 30.3. The lowest BCUT2D eigenvalue weighted by molar-refractivity contribution is -0.148. The fraction of sp³-hybridized carbons (Fsp3) is 0.517. The Hall–Kier alpha value is -2.82. The topological polar surface area (TPSA) is 49.9 Å². The Labute approximate surface area is 204 Å².